The predicted octanol–water partition coefficient (Wildman–Crippen LogP) is 4.10. The maximum absolute atomic E-state index is 13.7. The van der Waals surface area contributed by atoms with E-state index in [1.165, 1.54) is 0 Å². The van der Waals surface area contributed by atoms with Crippen molar-refractivity contribution in [1.82, 2.24) is 31.4 Å². The topological polar surface area (TPSA) is 86.2 Å². The normalized spacial score (nSPS) is 19.9. The van der Waals surface area contributed by atoms with E-state index in [9.17, 15) is 18.0 Å². The average Bonchev–Trinajstić information content (AvgIpc) is 3.47. The maximum atomic E-state index is 13.7. The van der Waals surface area contributed by atoms with Crippen LogP contribution in [0.3, 0.4) is 0 Å². The molecule has 1 unspecified atom stereocenters. The van der Waals surface area contributed by atoms with E-state index in [4.69, 9.17) is 11.6 Å². The molecule has 3 aliphatic rings. The number of aromatic nitrogens is 2. The van der Waals surface area contributed by atoms with Gasteiger partial charge in [0.05, 0.1) is 34.2 Å². The molecule has 1 aliphatic heterocycles. The van der Waals surface area contributed by atoms with Gasteiger partial charge < -0.3 is 16.1 Å². The van der Waals surface area contributed by atoms with E-state index in [0.29, 0.717) is 22.9 Å². The van der Waals surface area contributed by atoms with Crippen molar-refractivity contribution in [1.29, 1.82) is 0 Å². The summed E-state index contributed by atoms with van der Waals surface area (Å²) in [7, 11) is 1.86. The standard InChI is InChI=1S/C26H29ClF3N7O/c1-14-4-5-16(9-23(14)37-13-22(34-35-37)20-12-32-36(3)15(20)2)25(38)33-19-8-17(11-31-18-6-7-18)24(27)21(10-19)26(28,29)30/h4-5,9-10,12-13,18-19,31,34-35H,6-8,11H2,1-3H3,(H,33,38). The molecule has 5 rings (SSSR count). The summed E-state index contributed by atoms with van der Waals surface area (Å²) in [6.07, 6.45) is 2.22. The largest absolute Gasteiger partial charge is 0.417 e. The summed E-state index contributed by atoms with van der Waals surface area (Å²) in [5, 5.41) is 11.7. The number of halogens is 4. The first kappa shape index (κ1) is 26.3. The Morgan fingerprint density at radius 3 is 2.68 bits per heavy atom. The molecule has 1 fully saturated rings. The first-order valence-corrected chi connectivity index (χ1v) is 12.7. The van der Waals surface area contributed by atoms with Gasteiger partial charge in [0, 0.05) is 42.7 Å². The van der Waals surface area contributed by atoms with Crippen LogP contribution in [0.1, 0.15) is 46.4 Å². The van der Waals surface area contributed by atoms with Crippen molar-refractivity contribution in [2.45, 2.75) is 51.4 Å². The third kappa shape index (κ3) is 5.45. The summed E-state index contributed by atoms with van der Waals surface area (Å²) in [6.45, 7) is 4.13. The third-order valence-corrected chi connectivity index (χ3v) is 7.48. The number of carbonyl (C=O) groups excluding carboxylic acids is 1. The Morgan fingerprint density at radius 1 is 1.26 bits per heavy atom. The molecule has 1 aromatic heterocycles. The molecule has 0 saturated heterocycles. The lowest BCUT2D eigenvalue weighted by Gasteiger charge is -2.27. The van der Waals surface area contributed by atoms with Gasteiger partial charge in [0.25, 0.3) is 5.91 Å². The van der Waals surface area contributed by atoms with Crippen molar-refractivity contribution >= 4 is 28.9 Å². The maximum Gasteiger partial charge on any atom is 0.417 e. The van der Waals surface area contributed by atoms with Crippen molar-refractivity contribution in [3.63, 3.8) is 0 Å². The molecule has 12 heteroatoms. The van der Waals surface area contributed by atoms with Crippen molar-refractivity contribution in [2.24, 2.45) is 7.05 Å². The van der Waals surface area contributed by atoms with Crippen molar-refractivity contribution in [2.75, 3.05) is 11.6 Å². The van der Waals surface area contributed by atoms with Gasteiger partial charge in [-0.15, -0.1) is 5.53 Å². The monoisotopic (exact) mass is 547 g/mol. The molecule has 38 heavy (non-hydrogen) atoms. The molecule has 2 heterocycles. The van der Waals surface area contributed by atoms with Crippen molar-refractivity contribution in [3.8, 4) is 0 Å². The minimum absolute atomic E-state index is 0.205. The Bertz CT molecular complexity index is 1360. The fraction of sp³-hybridized carbons (Fsp3) is 0.385. The fourth-order valence-corrected chi connectivity index (χ4v) is 4.82. The van der Waals surface area contributed by atoms with E-state index in [0.717, 1.165) is 41.4 Å². The van der Waals surface area contributed by atoms with E-state index in [1.54, 1.807) is 34.1 Å². The number of nitrogens with zero attached hydrogens (tertiary/aromatic N) is 3. The second-order valence-electron chi connectivity index (χ2n) is 9.85. The van der Waals surface area contributed by atoms with Crippen LogP contribution in [-0.4, -0.2) is 40.5 Å². The number of hydrazine groups is 2. The van der Waals surface area contributed by atoms with Crippen molar-refractivity contribution < 1.29 is 18.0 Å². The Hall–Kier alpha value is -3.28. The van der Waals surface area contributed by atoms with E-state index in [1.807, 2.05) is 27.1 Å². The number of hydrogen-bond acceptors (Lipinski definition) is 6. The van der Waals surface area contributed by atoms with Crippen LogP contribution in [0, 0.1) is 13.8 Å². The number of allylic oxidation sites excluding steroid dienone is 2. The second kappa shape index (κ2) is 10.1. The molecule has 0 bridgehead atoms. The molecule has 1 atom stereocenters. The van der Waals surface area contributed by atoms with Gasteiger partial charge in [-0.05, 0) is 62.5 Å². The fourth-order valence-electron chi connectivity index (χ4n) is 4.50. The highest BCUT2D eigenvalue weighted by Crippen LogP contribution is 2.39. The Balaban J connectivity index is 1.34. The molecule has 1 amide bonds. The molecule has 2 aliphatic carbocycles. The highest BCUT2D eigenvalue weighted by molar-refractivity contribution is 6.32. The van der Waals surface area contributed by atoms with E-state index < -0.39 is 23.7 Å². The minimum Gasteiger partial charge on any atom is -0.345 e. The number of aryl methyl sites for hydroxylation is 2. The van der Waals surface area contributed by atoms with Crippen molar-refractivity contribution in [3.05, 3.63) is 75.2 Å². The molecule has 4 N–H and O–H groups in total. The van der Waals surface area contributed by atoms with Crippen LogP contribution in [0.15, 0.2) is 52.9 Å². The number of carbonyl (C=O) groups is 1. The van der Waals surface area contributed by atoms with Gasteiger partial charge in [0.15, 0.2) is 0 Å². The second-order valence-corrected chi connectivity index (χ2v) is 10.2. The molecule has 1 aromatic carbocycles. The average molecular weight is 548 g/mol. The van der Waals surface area contributed by atoms with Gasteiger partial charge in [-0.25, -0.2) is 0 Å². The lowest BCUT2D eigenvalue weighted by atomic mass is 9.94. The van der Waals surface area contributed by atoms with E-state index >= 15 is 0 Å². The van der Waals surface area contributed by atoms with E-state index in [2.05, 4.69) is 26.7 Å². The lowest BCUT2D eigenvalue weighted by molar-refractivity contribution is -0.0893. The summed E-state index contributed by atoms with van der Waals surface area (Å²) in [5.74, 6) is -0.471. The number of hydrogen-bond donors (Lipinski definition) is 4. The first-order chi connectivity index (χ1) is 18.0. The third-order valence-electron chi connectivity index (χ3n) is 7.01. The zero-order valence-corrected chi connectivity index (χ0v) is 22.0. The number of anilines is 1. The molecule has 8 nitrogen and oxygen atoms in total. The smallest absolute Gasteiger partial charge is 0.345 e. The van der Waals surface area contributed by atoms with Gasteiger partial charge in [-0.1, -0.05) is 17.7 Å². The summed E-state index contributed by atoms with van der Waals surface area (Å²) in [5.41, 5.74) is 10.4. The van der Waals surface area contributed by atoms with E-state index in [-0.39, 0.29) is 18.0 Å². The van der Waals surface area contributed by atoms with Crippen LogP contribution < -0.4 is 26.6 Å². The Labute approximate surface area is 223 Å². The van der Waals surface area contributed by atoms with Gasteiger partial charge >= 0.3 is 6.18 Å². The Kier molecular flexibility index (Phi) is 7.01. The highest BCUT2D eigenvalue weighted by atomic mass is 35.5. The number of amides is 1. The lowest BCUT2D eigenvalue weighted by Crippen LogP contribution is -2.39. The van der Waals surface area contributed by atoms with Crippen LogP contribution in [0.2, 0.25) is 0 Å². The van der Waals surface area contributed by atoms with Gasteiger partial charge in [0.2, 0.25) is 0 Å². The number of alkyl halides is 3. The predicted molar refractivity (Wildman–Crippen MR) is 140 cm³/mol. The van der Waals surface area contributed by atoms with Crippen LogP contribution in [0.25, 0.3) is 5.70 Å². The molecular weight excluding hydrogens is 519 g/mol. The molecule has 0 radical (unpaired) electrons. The van der Waals surface area contributed by atoms with Gasteiger partial charge in [-0.2, -0.15) is 18.3 Å². The molecule has 0 spiro atoms. The van der Waals surface area contributed by atoms with Gasteiger partial charge in [0.1, 0.15) is 0 Å². The number of rotatable bonds is 7. The van der Waals surface area contributed by atoms with Gasteiger partial charge in [-0.3, -0.25) is 14.5 Å². The SMILES string of the molecule is Cc1ccc(C(=O)NC2C=C(C(F)(F)F)C(Cl)=C(CNC3CC3)C2)cc1N1C=C(c2cnn(C)c2C)NN1. The molecular formula is C26H29ClF3N7O. The van der Waals surface area contributed by atoms with Crippen LogP contribution in [0.5, 0.6) is 0 Å². The zero-order valence-electron chi connectivity index (χ0n) is 21.2. The summed E-state index contributed by atoms with van der Waals surface area (Å²) in [6, 6.07) is 4.63. The number of benzene rings is 1. The number of nitrogens with one attached hydrogen (secondary N) is 4. The first-order valence-electron chi connectivity index (χ1n) is 12.3. The quantitative estimate of drug-likeness (QED) is 0.418. The van der Waals surface area contributed by atoms with Crippen LogP contribution >= 0.6 is 11.6 Å². The summed E-state index contributed by atoms with van der Waals surface area (Å²) in [4.78, 5) is 13.2. The zero-order chi connectivity index (χ0) is 27.2. The minimum atomic E-state index is -4.62. The van der Waals surface area contributed by atoms with Crippen LogP contribution in [-0.2, 0) is 7.05 Å². The summed E-state index contributed by atoms with van der Waals surface area (Å²) < 4.78 is 42.9. The van der Waals surface area contributed by atoms with Crippen LogP contribution in [0.4, 0.5) is 18.9 Å². The molecule has 2 aromatic rings. The molecule has 1 saturated carbocycles. The summed E-state index contributed by atoms with van der Waals surface area (Å²) >= 11 is 6.14. The Morgan fingerprint density at radius 2 is 2.03 bits per heavy atom. The molecule has 202 valence electrons. The highest BCUT2D eigenvalue weighted by Gasteiger charge is 2.40.